The Balaban J connectivity index is 2.55. The minimum atomic E-state index is -0.0681. The zero-order valence-corrected chi connectivity index (χ0v) is 11.3. The van der Waals surface area contributed by atoms with Gasteiger partial charge in [-0.1, -0.05) is 22.0 Å². The van der Waals surface area contributed by atoms with Gasteiger partial charge < -0.3 is 4.74 Å². The largest absolute Gasteiger partial charge is 0.487 e. The second-order valence-corrected chi connectivity index (χ2v) is 6.13. The number of fused-ring (bicyclic) bond motifs is 1. The second kappa shape index (κ2) is 3.51. The van der Waals surface area contributed by atoms with Crippen LogP contribution in [0.4, 0.5) is 0 Å². The third kappa shape index (κ3) is 2.05. The first-order valence-electron chi connectivity index (χ1n) is 5.33. The monoisotopic (exact) mass is 268 g/mol. The van der Waals surface area contributed by atoms with Crippen LogP contribution in [0.5, 0.6) is 5.75 Å². The quantitative estimate of drug-likeness (QED) is 0.638. The maximum absolute atomic E-state index is 6.02. The summed E-state index contributed by atoms with van der Waals surface area (Å²) in [6, 6.07) is 4.35. The number of aryl methyl sites for hydroxylation is 2. The Hall–Kier alpha value is -0.500. The van der Waals surface area contributed by atoms with Gasteiger partial charge >= 0.3 is 0 Å². The van der Waals surface area contributed by atoms with Gasteiger partial charge in [-0.3, -0.25) is 0 Å². The summed E-state index contributed by atoms with van der Waals surface area (Å²) in [4.78, 5) is 0.414. The lowest BCUT2D eigenvalue weighted by atomic mass is 9.91. The van der Waals surface area contributed by atoms with Crippen molar-refractivity contribution in [3.8, 4) is 5.75 Å². The third-order valence-electron chi connectivity index (χ3n) is 2.86. The number of hydrogen-bond donors (Lipinski definition) is 0. The van der Waals surface area contributed by atoms with Crippen LogP contribution in [0.3, 0.4) is 0 Å². The van der Waals surface area contributed by atoms with Crippen molar-refractivity contribution in [3.63, 3.8) is 0 Å². The van der Waals surface area contributed by atoms with Crippen molar-refractivity contribution in [3.05, 3.63) is 28.8 Å². The first kappa shape index (κ1) is 11.0. The second-order valence-electron chi connectivity index (χ2n) is 5.03. The number of alkyl halides is 1. The van der Waals surface area contributed by atoms with Crippen molar-refractivity contribution in [1.29, 1.82) is 0 Å². The maximum Gasteiger partial charge on any atom is 0.124 e. The molecule has 0 radical (unpaired) electrons. The van der Waals surface area contributed by atoms with E-state index >= 15 is 0 Å². The lowest BCUT2D eigenvalue weighted by Gasteiger charge is -2.36. The van der Waals surface area contributed by atoms with Gasteiger partial charge in [-0.2, -0.15) is 0 Å². The Bertz CT molecular complexity index is 396. The Labute approximate surface area is 100.0 Å². The molecule has 15 heavy (non-hydrogen) atoms. The molecule has 1 nitrogen and oxygen atoms in total. The Morgan fingerprint density at radius 1 is 1.33 bits per heavy atom. The molecule has 2 heteroatoms. The summed E-state index contributed by atoms with van der Waals surface area (Å²) in [6.45, 7) is 8.55. The van der Waals surface area contributed by atoms with E-state index < -0.39 is 0 Å². The molecule has 1 aromatic carbocycles. The smallest absolute Gasteiger partial charge is 0.124 e. The number of rotatable bonds is 0. The van der Waals surface area contributed by atoms with E-state index in [0.717, 1.165) is 12.2 Å². The van der Waals surface area contributed by atoms with Crippen LogP contribution in [0.2, 0.25) is 0 Å². The topological polar surface area (TPSA) is 9.23 Å². The normalized spacial score (nSPS) is 23.1. The van der Waals surface area contributed by atoms with Crippen LogP contribution in [0, 0.1) is 13.8 Å². The highest BCUT2D eigenvalue weighted by molar-refractivity contribution is 9.09. The first-order chi connectivity index (χ1) is 6.89. The molecule has 1 atom stereocenters. The third-order valence-corrected chi connectivity index (χ3v) is 3.65. The summed E-state index contributed by atoms with van der Waals surface area (Å²) in [6.07, 6.45) is 1.02. The molecular formula is C13H17BrO. The van der Waals surface area contributed by atoms with Gasteiger partial charge in [0.2, 0.25) is 0 Å². The summed E-state index contributed by atoms with van der Waals surface area (Å²) >= 11 is 3.76. The van der Waals surface area contributed by atoms with Gasteiger partial charge in [-0.15, -0.1) is 0 Å². The van der Waals surface area contributed by atoms with Gasteiger partial charge in [0.15, 0.2) is 0 Å². The van der Waals surface area contributed by atoms with E-state index in [4.69, 9.17) is 4.74 Å². The molecule has 0 spiro atoms. The molecule has 1 aromatic rings. The summed E-state index contributed by atoms with van der Waals surface area (Å²) < 4.78 is 6.02. The molecular weight excluding hydrogens is 252 g/mol. The minimum Gasteiger partial charge on any atom is -0.487 e. The Morgan fingerprint density at radius 2 is 2.00 bits per heavy atom. The van der Waals surface area contributed by atoms with Crippen LogP contribution in [0.15, 0.2) is 12.1 Å². The van der Waals surface area contributed by atoms with Gasteiger partial charge in [-0.05, 0) is 44.9 Å². The summed E-state index contributed by atoms with van der Waals surface area (Å²) in [5, 5.41) is 0. The van der Waals surface area contributed by atoms with Crippen molar-refractivity contribution in [2.24, 2.45) is 0 Å². The molecule has 1 aliphatic heterocycles. The number of benzene rings is 1. The minimum absolute atomic E-state index is 0.0681. The average molecular weight is 269 g/mol. The fourth-order valence-electron chi connectivity index (χ4n) is 2.30. The van der Waals surface area contributed by atoms with E-state index in [-0.39, 0.29) is 5.60 Å². The lowest BCUT2D eigenvalue weighted by Crippen LogP contribution is -2.33. The van der Waals surface area contributed by atoms with Gasteiger partial charge in [0.1, 0.15) is 11.4 Å². The molecule has 0 saturated carbocycles. The van der Waals surface area contributed by atoms with Crippen LogP contribution < -0.4 is 4.74 Å². The van der Waals surface area contributed by atoms with Gasteiger partial charge in [0, 0.05) is 16.8 Å². The SMILES string of the molecule is Cc1cc(C)c2c(c1)OC(C)(C)CC2Br. The van der Waals surface area contributed by atoms with E-state index in [2.05, 4.69) is 55.8 Å². The predicted octanol–water partition coefficient (Wildman–Crippen LogP) is 4.30. The van der Waals surface area contributed by atoms with E-state index in [1.54, 1.807) is 0 Å². The fraction of sp³-hybridized carbons (Fsp3) is 0.538. The van der Waals surface area contributed by atoms with E-state index in [1.165, 1.54) is 16.7 Å². The first-order valence-corrected chi connectivity index (χ1v) is 6.25. The molecule has 0 bridgehead atoms. The average Bonchev–Trinajstić information content (AvgIpc) is 1.97. The van der Waals surface area contributed by atoms with Crippen LogP contribution >= 0.6 is 15.9 Å². The summed E-state index contributed by atoms with van der Waals surface area (Å²) in [5.41, 5.74) is 3.84. The van der Waals surface area contributed by atoms with Crippen molar-refractivity contribution in [2.45, 2.75) is 44.5 Å². The van der Waals surface area contributed by atoms with Crippen molar-refractivity contribution >= 4 is 15.9 Å². The summed E-state index contributed by atoms with van der Waals surface area (Å²) in [5.74, 6) is 1.05. The van der Waals surface area contributed by atoms with Crippen LogP contribution in [0.25, 0.3) is 0 Å². The molecule has 0 aromatic heterocycles. The van der Waals surface area contributed by atoms with E-state index in [9.17, 15) is 0 Å². The highest BCUT2D eigenvalue weighted by atomic mass is 79.9. The molecule has 1 heterocycles. The van der Waals surface area contributed by atoms with Crippen molar-refractivity contribution < 1.29 is 4.74 Å². The van der Waals surface area contributed by atoms with Crippen LogP contribution in [0.1, 0.15) is 41.8 Å². The van der Waals surface area contributed by atoms with Gasteiger partial charge in [0.05, 0.1) is 0 Å². The van der Waals surface area contributed by atoms with Crippen molar-refractivity contribution in [1.82, 2.24) is 0 Å². The van der Waals surface area contributed by atoms with Gasteiger partial charge in [-0.25, -0.2) is 0 Å². The zero-order chi connectivity index (χ0) is 11.2. The van der Waals surface area contributed by atoms with Crippen LogP contribution in [-0.4, -0.2) is 5.60 Å². The molecule has 0 fully saturated rings. The molecule has 0 saturated heterocycles. The van der Waals surface area contributed by atoms with Gasteiger partial charge in [0.25, 0.3) is 0 Å². The maximum atomic E-state index is 6.02. The summed E-state index contributed by atoms with van der Waals surface area (Å²) in [7, 11) is 0. The molecule has 0 N–H and O–H groups in total. The zero-order valence-electron chi connectivity index (χ0n) is 9.73. The molecule has 1 aliphatic rings. The molecule has 1 unspecified atom stereocenters. The van der Waals surface area contributed by atoms with E-state index in [1.807, 2.05) is 0 Å². The van der Waals surface area contributed by atoms with Crippen molar-refractivity contribution in [2.75, 3.05) is 0 Å². The fourth-order valence-corrected chi connectivity index (χ4v) is 3.66. The number of halogens is 1. The molecule has 2 rings (SSSR count). The predicted molar refractivity (Wildman–Crippen MR) is 66.9 cm³/mol. The highest BCUT2D eigenvalue weighted by Crippen LogP contribution is 2.45. The molecule has 0 aliphatic carbocycles. The standard InChI is InChI=1S/C13H17BrO/c1-8-5-9(2)12-10(14)7-13(3,4)15-11(12)6-8/h5-6,10H,7H2,1-4H3. The van der Waals surface area contributed by atoms with Crippen LogP contribution in [-0.2, 0) is 0 Å². The lowest BCUT2D eigenvalue weighted by molar-refractivity contribution is 0.0839. The Kier molecular flexibility index (Phi) is 2.58. The highest BCUT2D eigenvalue weighted by Gasteiger charge is 2.33. The number of hydrogen-bond acceptors (Lipinski definition) is 1. The molecule has 82 valence electrons. The molecule has 0 amide bonds. The Morgan fingerprint density at radius 3 is 2.67 bits per heavy atom. The van der Waals surface area contributed by atoms with E-state index in [0.29, 0.717) is 4.83 Å². The number of ether oxygens (including phenoxy) is 1.